The minimum Gasteiger partial charge on any atom is -0.488 e. The molecule has 0 aromatic heterocycles. The number of aryl methyl sites for hydroxylation is 2. The Morgan fingerprint density at radius 3 is 2.32 bits per heavy atom. The van der Waals surface area contributed by atoms with Crippen LogP contribution in [0.25, 0.3) is 6.08 Å². The van der Waals surface area contributed by atoms with Gasteiger partial charge in [-0.15, -0.1) is 0 Å². The molecule has 0 spiro atoms. The number of hydrogen-bond donors (Lipinski definition) is 0. The van der Waals surface area contributed by atoms with Crippen molar-refractivity contribution in [2.45, 2.75) is 20.5 Å². The predicted octanol–water partition coefficient (Wildman–Crippen LogP) is 7.83. The van der Waals surface area contributed by atoms with Gasteiger partial charge in [-0.25, -0.2) is 9.38 Å². The quantitative estimate of drug-likeness (QED) is 0.249. The summed E-state index contributed by atoms with van der Waals surface area (Å²) in [5, 5.41) is 0.585. The SMILES string of the molecule is Cc1ccc(N=C2S/C(=C\c3ccccc3OCc3cccc(F)c3)C(=O)N2c2ccc(C)cc2)cc1. The maximum absolute atomic E-state index is 13.7. The number of aliphatic imine (C=N–C) groups is 1. The molecule has 1 saturated heterocycles. The second kappa shape index (κ2) is 10.8. The van der Waals surface area contributed by atoms with Gasteiger partial charge in [0.2, 0.25) is 0 Å². The number of amidine groups is 1. The highest BCUT2D eigenvalue weighted by Gasteiger charge is 2.35. The minimum atomic E-state index is -0.305. The Hall–Kier alpha value is -4.16. The molecule has 1 heterocycles. The fraction of sp³-hybridized carbons (Fsp3) is 0.0968. The number of carbonyl (C=O) groups is 1. The van der Waals surface area contributed by atoms with Crippen molar-refractivity contribution in [1.29, 1.82) is 0 Å². The van der Waals surface area contributed by atoms with Crippen molar-refractivity contribution in [2.75, 3.05) is 4.90 Å². The predicted molar refractivity (Wildman–Crippen MR) is 150 cm³/mol. The van der Waals surface area contributed by atoms with Gasteiger partial charge in [0, 0.05) is 5.56 Å². The van der Waals surface area contributed by atoms with Crippen LogP contribution in [0, 0.1) is 19.7 Å². The number of benzene rings is 4. The maximum atomic E-state index is 13.7. The standard InChI is InChI=1S/C31H25FN2O2S/c1-21-10-14-26(15-11-21)33-31-34(27-16-12-22(2)13-17-27)30(35)29(37-31)19-24-7-3-4-9-28(24)36-20-23-6-5-8-25(32)18-23/h3-19H,20H2,1-2H3/b29-19-,33-31?. The third-order valence-electron chi connectivity index (χ3n) is 5.85. The molecule has 1 aliphatic rings. The number of thioether (sulfide) groups is 1. The fourth-order valence-corrected chi connectivity index (χ4v) is 4.85. The van der Waals surface area contributed by atoms with Gasteiger partial charge in [0.15, 0.2) is 5.17 Å². The van der Waals surface area contributed by atoms with Crippen LogP contribution in [-0.2, 0) is 11.4 Å². The van der Waals surface area contributed by atoms with E-state index in [0.717, 1.165) is 33.6 Å². The van der Waals surface area contributed by atoms with Crippen LogP contribution in [0.5, 0.6) is 5.75 Å². The molecule has 5 rings (SSSR count). The molecule has 37 heavy (non-hydrogen) atoms. The zero-order valence-electron chi connectivity index (χ0n) is 20.5. The van der Waals surface area contributed by atoms with E-state index in [4.69, 9.17) is 9.73 Å². The van der Waals surface area contributed by atoms with Crippen LogP contribution >= 0.6 is 11.8 Å². The van der Waals surface area contributed by atoms with Gasteiger partial charge in [0.25, 0.3) is 5.91 Å². The van der Waals surface area contributed by atoms with Gasteiger partial charge in [-0.3, -0.25) is 9.69 Å². The summed E-state index contributed by atoms with van der Waals surface area (Å²) >= 11 is 1.33. The van der Waals surface area contributed by atoms with Gasteiger partial charge in [-0.05, 0) is 79.7 Å². The molecule has 1 fully saturated rings. The number of amides is 1. The first-order valence-electron chi connectivity index (χ1n) is 11.9. The molecular formula is C31H25FN2O2S. The van der Waals surface area contributed by atoms with E-state index < -0.39 is 0 Å². The Morgan fingerprint density at radius 2 is 1.59 bits per heavy atom. The Kier molecular flexibility index (Phi) is 7.19. The smallest absolute Gasteiger partial charge is 0.271 e. The summed E-state index contributed by atoms with van der Waals surface area (Å²) in [7, 11) is 0. The maximum Gasteiger partial charge on any atom is 0.271 e. The van der Waals surface area contributed by atoms with Crippen LogP contribution in [0.3, 0.4) is 0 Å². The first-order chi connectivity index (χ1) is 18.0. The number of ether oxygens (including phenoxy) is 1. The van der Waals surface area contributed by atoms with Crippen molar-refractivity contribution < 1.29 is 13.9 Å². The molecule has 0 aliphatic carbocycles. The third kappa shape index (κ3) is 5.81. The average molecular weight is 509 g/mol. The topological polar surface area (TPSA) is 41.9 Å². The molecular weight excluding hydrogens is 483 g/mol. The van der Waals surface area contributed by atoms with Gasteiger partial charge in [0.1, 0.15) is 18.2 Å². The lowest BCUT2D eigenvalue weighted by Gasteiger charge is -2.16. The van der Waals surface area contributed by atoms with E-state index in [9.17, 15) is 9.18 Å². The third-order valence-corrected chi connectivity index (χ3v) is 6.82. The van der Waals surface area contributed by atoms with E-state index >= 15 is 0 Å². The lowest BCUT2D eigenvalue weighted by molar-refractivity contribution is -0.113. The van der Waals surface area contributed by atoms with E-state index in [1.165, 1.54) is 23.9 Å². The number of para-hydroxylation sites is 1. The van der Waals surface area contributed by atoms with Gasteiger partial charge in [-0.1, -0.05) is 65.7 Å². The summed E-state index contributed by atoms with van der Waals surface area (Å²) in [6.07, 6.45) is 1.83. The van der Waals surface area contributed by atoms with Gasteiger partial charge in [0.05, 0.1) is 16.3 Å². The highest BCUT2D eigenvalue weighted by Crippen LogP contribution is 2.38. The summed E-state index contributed by atoms with van der Waals surface area (Å²) in [5.41, 5.74) is 5.28. The summed E-state index contributed by atoms with van der Waals surface area (Å²) in [6.45, 7) is 4.25. The molecule has 4 aromatic rings. The molecule has 0 radical (unpaired) electrons. The van der Waals surface area contributed by atoms with Crippen molar-refractivity contribution >= 4 is 40.3 Å². The van der Waals surface area contributed by atoms with Crippen molar-refractivity contribution in [3.8, 4) is 5.75 Å². The van der Waals surface area contributed by atoms with Crippen LogP contribution in [0.15, 0.2) is 107 Å². The van der Waals surface area contributed by atoms with Crippen LogP contribution in [0.2, 0.25) is 0 Å². The number of nitrogens with zero attached hydrogens (tertiary/aromatic N) is 2. The molecule has 1 amide bonds. The molecule has 0 bridgehead atoms. The second-order valence-electron chi connectivity index (χ2n) is 8.77. The minimum absolute atomic E-state index is 0.153. The van der Waals surface area contributed by atoms with Crippen LogP contribution < -0.4 is 9.64 Å². The number of halogens is 1. The van der Waals surface area contributed by atoms with E-state index in [2.05, 4.69) is 0 Å². The summed E-state index contributed by atoms with van der Waals surface area (Å²) < 4.78 is 19.6. The molecule has 0 atom stereocenters. The van der Waals surface area contributed by atoms with Gasteiger partial charge < -0.3 is 4.74 Å². The Labute approximate surface area is 220 Å². The van der Waals surface area contributed by atoms with E-state index in [1.54, 1.807) is 11.0 Å². The van der Waals surface area contributed by atoms with Crippen molar-refractivity contribution in [3.05, 3.63) is 130 Å². The second-order valence-corrected chi connectivity index (χ2v) is 9.78. The fourth-order valence-electron chi connectivity index (χ4n) is 3.86. The largest absolute Gasteiger partial charge is 0.488 e. The van der Waals surface area contributed by atoms with Crippen LogP contribution in [0.4, 0.5) is 15.8 Å². The molecule has 0 saturated carbocycles. The average Bonchev–Trinajstić information content (AvgIpc) is 3.19. The van der Waals surface area contributed by atoms with E-state index in [-0.39, 0.29) is 18.3 Å². The van der Waals surface area contributed by atoms with Gasteiger partial charge in [-0.2, -0.15) is 0 Å². The first kappa shape index (κ1) is 24.5. The van der Waals surface area contributed by atoms with Crippen LogP contribution in [-0.4, -0.2) is 11.1 Å². The summed E-state index contributed by atoms with van der Waals surface area (Å²) in [6, 6.07) is 29.5. The Morgan fingerprint density at radius 1 is 0.892 bits per heavy atom. The Bertz CT molecular complexity index is 1490. The number of hydrogen-bond acceptors (Lipinski definition) is 4. The normalized spacial score (nSPS) is 15.5. The monoisotopic (exact) mass is 508 g/mol. The highest BCUT2D eigenvalue weighted by molar-refractivity contribution is 8.19. The van der Waals surface area contributed by atoms with Gasteiger partial charge >= 0.3 is 0 Å². The lowest BCUT2D eigenvalue weighted by atomic mass is 10.1. The Balaban J connectivity index is 1.48. The van der Waals surface area contributed by atoms with Crippen molar-refractivity contribution in [2.24, 2.45) is 4.99 Å². The molecule has 0 unspecified atom stereocenters. The first-order valence-corrected chi connectivity index (χ1v) is 12.7. The molecule has 4 nitrogen and oxygen atoms in total. The number of carbonyl (C=O) groups excluding carboxylic acids is 1. The summed E-state index contributed by atoms with van der Waals surface area (Å²) in [5.74, 6) is 0.152. The van der Waals surface area contributed by atoms with Crippen molar-refractivity contribution in [3.63, 3.8) is 0 Å². The molecule has 1 aliphatic heterocycles. The van der Waals surface area contributed by atoms with E-state index in [0.29, 0.717) is 15.8 Å². The zero-order chi connectivity index (χ0) is 25.8. The highest BCUT2D eigenvalue weighted by atomic mass is 32.2. The lowest BCUT2D eigenvalue weighted by Crippen LogP contribution is -2.28. The number of rotatable bonds is 6. The number of anilines is 1. The van der Waals surface area contributed by atoms with E-state index in [1.807, 2.05) is 98.8 Å². The molecule has 0 N–H and O–H groups in total. The molecule has 4 aromatic carbocycles. The summed E-state index contributed by atoms with van der Waals surface area (Å²) in [4.78, 5) is 20.6. The zero-order valence-corrected chi connectivity index (χ0v) is 21.3. The molecule has 184 valence electrons. The molecule has 6 heteroatoms. The van der Waals surface area contributed by atoms with Crippen LogP contribution in [0.1, 0.15) is 22.3 Å². The van der Waals surface area contributed by atoms with Crippen molar-refractivity contribution in [1.82, 2.24) is 0 Å².